The lowest BCUT2D eigenvalue weighted by atomic mass is 10.00. The van der Waals surface area contributed by atoms with Crippen molar-refractivity contribution in [2.24, 2.45) is 9.98 Å². The SMILES string of the molecule is CN(C)CCSC1=Nc2ccc([N+](=O)[O-])cc2C(c2ccccc2Cl)=NC1.O=C(O)C=CC(=O)O. The minimum Gasteiger partial charge on any atom is -0.478 e. The average molecular weight is 519 g/mol. The molecule has 2 aromatic rings. The Morgan fingerprint density at radius 3 is 2.37 bits per heavy atom. The standard InChI is InChI=1S/C19H19ClN4O2S.C4H4O4/c1-23(2)9-10-27-18-12-21-19(14-5-3-4-6-16(14)20)15-11-13(24(25)26)7-8-17(15)22-18;5-3(6)1-2-4(7)8/h3-8,11H,9-10,12H2,1-2H3;1-2H,(H,5,6)(H,7,8). The Hall–Kier alpha value is -3.54. The summed E-state index contributed by atoms with van der Waals surface area (Å²) in [5, 5.41) is 28.3. The minimum atomic E-state index is -1.26. The first-order valence-corrected chi connectivity index (χ1v) is 11.5. The third-order valence-corrected chi connectivity index (χ3v) is 5.64. The monoisotopic (exact) mass is 518 g/mol. The van der Waals surface area contributed by atoms with E-state index in [4.69, 9.17) is 31.8 Å². The van der Waals surface area contributed by atoms with Gasteiger partial charge in [-0.25, -0.2) is 14.6 Å². The average Bonchev–Trinajstić information content (AvgIpc) is 2.97. The van der Waals surface area contributed by atoms with Gasteiger partial charge in [-0.05, 0) is 26.2 Å². The topological polar surface area (TPSA) is 146 Å². The van der Waals surface area contributed by atoms with Crippen molar-refractivity contribution in [1.29, 1.82) is 0 Å². The molecule has 0 aromatic heterocycles. The van der Waals surface area contributed by atoms with Gasteiger partial charge >= 0.3 is 11.9 Å². The molecule has 0 amide bonds. The number of hydrogen-bond donors (Lipinski definition) is 2. The Bertz CT molecular complexity index is 1180. The fourth-order valence-electron chi connectivity index (χ4n) is 2.78. The van der Waals surface area contributed by atoms with E-state index in [2.05, 4.69) is 4.90 Å². The van der Waals surface area contributed by atoms with E-state index >= 15 is 0 Å². The van der Waals surface area contributed by atoms with Crippen LogP contribution in [-0.2, 0) is 9.59 Å². The van der Waals surface area contributed by atoms with Crippen LogP contribution in [0.15, 0.2) is 64.6 Å². The quantitative estimate of drug-likeness (QED) is 0.316. The minimum absolute atomic E-state index is 0.00687. The van der Waals surface area contributed by atoms with Gasteiger partial charge in [-0.2, -0.15) is 0 Å². The maximum absolute atomic E-state index is 11.2. The van der Waals surface area contributed by atoms with Crippen LogP contribution in [0.2, 0.25) is 5.02 Å². The number of carboxylic acid groups (broad SMARTS) is 2. The summed E-state index contributed by atoms with van der Waals surface area (Å²) in [7, 11) is 4.05. The molecule has 0 bridgehead atoms. The van der Waals surface area contributed by atoms with Crippen molar-refractivity contribution in [3.05, 3.63) is 80.9 Å². The predicted molar refractivity (Wildman–Crippen MR) is 138 cm³/mol. The van der Waals surface area contributed by atoms with Crippen molar-refractivity contribution in [3.8, 4) is 0 Å². The highest BCUT2D eigenvalue weighted by Gasteiger charge is 2.21. The van der Waals surface area contributed by atoms with E-state index in [1.54, 1.807) is 23.9 Å². The molecule has 0 spiro atoms. The molecule has 0 radical (unpaired) electrons. The number of fused-ring (bicyclic) bond motifs is 1. The molecule has 3 rings (SSSR count). The highest BCUT2D eigenvalue weighted by atomic mass is 35.5. The van der Waals surface area contributed by atoms with E-state index in [1.807, 2.05) is 32.3 Å². The Kier molecular flexibility index (Phi) is 10.6. The zero-order chi connectivity index (χ0) is 26.0. The van der Waals surface area contributed by atoms with Gasteiger partial charge in [-0.3, -0.25) is 15.1 Å². The molecular formula is C23H23ClN4O6S. The molecule has 0 atom stereocenters. The Labute approximate surface area is 210 Å². The van der Waals surface area contributed by atoms with Gasteiger partial charge in [0.1, 0.15) is 0 Å². The Morgan fingerprint density at radius 1 is 1.14 bits per heavy atom. The Balaban J connectivity index is 0.000000466. The van der Waals surface area contributed by atoms with Crippen LogP contribution in [0.4, 0.5) is 11.4 Å². The van der Waals surface area contributed by atoms with E-state index in [9.17, 15) is 19.7 Å². The number of hydrogen-bond acceptors (Lipinski definition) is 8. The molecular weight excluding hydrogens is 496 g/mol. The van der Waals surface area contributed by atoms with Crippen molar-refractivity contribution in [2.45, 2.75) is 0 Å². The summed E-state index contributed by atoms with van der Waals surface area (Å²) < 4.78 is 0. The number of benzene rings is 2. The second-order valence-corrected chi connectivity index (χ2v) is 8.85. The number of halogens is 1. The second-order valence-electron chi connectivity index (χ2n) is 7.27. The van der Waals surface area contributed by atoms with Crippen LogP contribution in [0.1, 0.15) is 11.1 Å². The molecule has 0 fully saturated rings. The number of nitro benzene ring substituents is 1. The van der Waals surface area contributed by atoms with E-state index in [0.717, 1.165) is 22.9 Å². The molecule has 0 aliphatic carbocycles. The number of carboxylic acids is 2. The summed E-state index contributed by atoms with van der Waals surface area (Å²) in [6, 6.07) is 12.0. The van der Waals surface area contributed by atoms with Crippen LogP contribution in [0.5, 0.6) is 0 Å². The van der Waals surface area contributed by atoms with Gasteiger partial charge < -0.3 is 15.1 Å². The molecule has 0 saturated carbocycles. The molecule has 1 aliphatic heterocycles. The normalized spacial score (nSPS) is 12.7. The van der Waals surface area contributed by atoms with Crippen molar-refractivity contribution in [2.75, 3.05) is 32.9 Å². The second kappa shape index (κ2) is 13.4. The molecule has 10 nitrogen and oxygen atoms in total. The first-order chi connectivity index (χ1) is 16.6. The zero-order valence-electron chi connectivity index (χ0n) is 18.9. The maximum atomic E-state index is 11.2. The smallest absolute Gasteiger partial charge is 0.328 e. The molecule has 0 saturated heterocycles. The van der Waals surface area contributed by atoms with Crippen LogP contribution in [0.3, 0.4) is 0 Å². The van der Waals surface area contributed by atoms with Gasteiger partial charge in [-0.1, -0.05) is 29.8 Å². The lowest BCUT2D eigenvalue weighted by molar-refractivity contribution is -0.384. The van der Waals surface area contributed by atoms with Crippen LogP contribution in [-0.4, -0.2) is 75.7 Å². The number of thioether (sulfide) groups is 1. The van der Waals surface area contributed by atoms with E-state index in [1.165, 1.54) is 12.1 Å². The first-order valence-electron chi connectivity index (χ1n) is 10.2. The van der Waals surface area contributed by atoms with E-state index in [0.29, 0.717) is 40.7 Å². The summed E-state index contributed by atoms with van der Waals surface area (Å²) in [5.74, 6) is -1.62. The summed E-state index contributed by atoms with van der Waals surface area (Å²) in [6.07, 6.45) is 1.12. The molecule has 2 aromatic carbocycles. The van der Waals surface area contributed by atoms with Crippen LogP contribution < -0.4 is 0 Å². The van der Waals surface area contributed by atoms with Crippen molar-refractivity contribution >= 4 is 57.4 Å². The van der Waals surface area contributed by atoms with Crippen molar-refractivity contribution < 1.29 is 24.7 Å². The van der Waals surface area contributed by atoms with E-state index < -0.39 is 16.9 Å². The van der Waals surface area contributed by atoms with Crippen molar-refractivity contribution in [3.63, 3.8) is 0 Å². The lowest BCUT2D eigenvalue weighted by Gasteiger charge is -2.09. The van der Waals surface area contributed by atoms with Gasteiger partial charge in [0.15, 0.2) is 0 Å². The van der Waals surface area contributed by atoms with E-state index in [-0.39, 0.29) is 5.69 Å². The third kappa shape index (κ3) is 8.96. The molecule has 0 unspecified atom stereocenters. The number of carbonyl (C=O) groups is 2. The molecule has 2 N–H and O–H groups in total. The van der Waals surface area contributed by atoms with Crippen LogP contribution in [0, 0.1) is 10.1 Å². The lowest BCUT2D eigenvalue weighted by Crippen LogP contribution is -2.16. The highest BCUT2D eigenvalue weighted by molar-refractivity contribution is 8.14. The summed E-state index contributed by atoms with van der Waals surface area (Å²) >= 11 is 8.02. The number of nitro groups is 1. The predicted octanol–water partition coefficient (Wildman–Crippen LogP) is 4.14. The molecule has 184 valence electrons. The zero-order valence-corrected chi connectivity index (χ0v) is 20.5. The first kappa shape index (κ1) is 27.7. The fourth-order valence-corrected chi connectivity index (χ4v) is 4.01. The van der Waals surface area contributed by atoms with Gasteiger partial charge in [0.05, 0.1) is 27.9 Å². The summed E-state index contributed by atoms with van der Waals surface area (Å²) in [6.45, 7) is 1.35. The highest BCUT2D eigenvalue weighted by Crippen LogP contribution is 2.32. The van der Waals surface area contributed by atoms with Gasteiger partial charge in [0.25, 0.3) is 5.69 Å². The van der Waals surface area contributed by atoms with Gasteiger partial charge in [0.2, 0.25) is 0 Å². The van der Waals surface area contributed by atoms with Gasteiger partial charge in [-0.15, -0.1) is 11.8 Å². The molecule has 12 heteroatoms. The largest absolute Gasteiger partial charge is 0.478 e. The molecule has 1 aliphatic rings. The number of non-ortho nitro benzene ring substituents is 1. The Morgan fingerprint density at radius 2 is 1.80 bits per heavy atom. The fraction of sp³-hybridized carbons (Fsp3) is 0.217. The number of rotatable bonds is 7. The number of aliphatic carboxylic acids is 2. The number of nitrogens with zero attached hydrogens (tertiary/aromatic N) is 4. The summed E-state index contributed by atoms with van der Waals surface area (Å²) in [4.78, 5) is 41.5. The van der Waals surface area contributed by atoms with Crippen molar-refractivity contribution in [1.82, 2.24) is 4.90 Å². The molecule has 1 heterocycles. The summed E-state index contributed by atoms with van der Waals surface area (Å²) in [5.41, 5.74) is 2.68. The van der Waals surface area contributed by atoms with Gasteiger partial charge in [0, 0.05) is 52.7 Å². The third-order valence-electron chi connectivity index (χ3n) is 4.37. The van der Waals surface area contributed by atoms with Crippen LogP contribution >= 0.6 is 23.4 Å². The number of aliphatic imine (C=N–C) groups is 2. The molecule has 35 heavy (non-hydrogen) atoms. The van der Waals surface area contributed by atoms with Crippen LogP contribution in [0.25, 0.3) is 0 Å². The maximum Gasteiger partial charge on any atom is 0.328 e.